The van der Waals surface area contributed by atoms with Gasteiger partial charge in [0.1, 0.15) is 0 Å². The molecule has 2 aromatic rings. The summed E-state index contributed by atoms with van der Waals surface area (Å²) in [5.41, 5.74) is 0.763. The average Bonchev–Trinajstić information content (AvgIpc) is 2.78. The van der Waals surface area contributed by atoms with Gasteiger partial charge in [-0.15, -0.1) is 0 Å². The van der Waals surface area contributed by atoms with Crippen LogP contribution in [0.15, 0.2) is 42.5 Å². The van der Waals surface area contributed by atoms with Gasteiger partial charge >= 0.3 is 0 Å². The van der Waals surface area contributed by atoms with E-state index in [0.29, 0.717) is 24.9 Å². The Hall–Kier alpha value is -2.40. The van der Waals surface area contributed by atoms with Crippen LogP contribution >= 0.6 is 0 Å². The zero-order chi connectivity index (χ0) is 20.2. The molecule has 0 aliphatic carbocycles. The summed E-state index contributed by atoms with van der Waals surface area (Å²) < 4.78 is 0. The second-order valence-corrected chi connectivity index (χ2v) is 8.44. The van der Waals surface area contributed by atoms with Crippen molar-refractivity contribution < 1.29 is 9.59 Å². The van der Waals surface area contributed by atoms with Crippen LogP contribution in [0.3, 0.4) is 0 Å². The minimum Gasteiger partial charge on any atom is -0.342 e. The summed E-state index contributed by atoms with van der Waals surface area (Å²) in [5, 5.41) is 5.33. The summed E-state index contributed by atoms with van der Waals surface area (Å²) in [6.45, 7) is 4.04. The zero-order valence-electron chi connectivity index (χ0n) is 17.3. The van der Waals surface area contributed by atoms with E-state index in [4.69, 9.17) is 0 Å². The number of nitrogens with zero attached hydrogens (tertiary/aromatic N) is 2. The third-order valence-corrected chi connectivity index (χ3v) is 6.47. The number of hydrogen-bond donors (Lipinski definition) is 1. The maximum Gasteiger partial charge on any atom is 0.254 e. The molecule has 0 spiro atoms. The van der Waals surface area contributed by atoms with E-state index in [1.54, 1.807) is 0 Å². The standard InChI is InChI=1S/C24H31N3O2/c1-25-16-18-6-5-13-27(17-18)23(28)20-11-14-26(15-12-20)24(29)22-10-4-8-19-7-2-3-9-21(19)22/h2-4,7-10,18,20,25H,5-6,11-17H2,1H3. The highest BCUT2D eigenvalue weighted by Gasteiger charge is 2.32. The van der Waals surface area contributed by atoms with Gasteiger partial charge in [0, 0.05) is 37.7 Å². The fraction of sp³-hybridized carbons (Fsp3) is 0.500. The monoisotopic (exact) mass is 393 g/mol. The Bertz CT molecular complexity index is 866. The van der Waals surface area contributed by atoms with Gasteiger partial charge in [0.25, 0.3) is 5.91 Å². The van der Waals surface area contributed by atoms with E-state index in [-0.39, 0.29) is 11.8 Å². The van der Waals surface area contributed by atoms with Crippen LogP contribution in [-0.4, -0.2) is 61.4 Å². The summed E-state index contributed by atoms with van der Waals surface area (Å²) in [6, 6.07) is 13.9. The molecule has 0 radical (unpaired) electrons. The lowest BCUT2D eigenvalue weighted by atomic mass is 9.91. The van der Waals surface area contributed by atoms with E-state index in [1.807, 2.05) is 54.4 Å². The van der Waals surface area contributed by atoms with Gasteiger partial charge in [0.2, 0.25) is 5.91 Å². The molecule has 0 bridgehead atoms. The molecule has 2 fully saturated rings. The van der Waals surface area contributed by atoms with Gasteiger partial charge in [0.15, 0.2) is 0 Å². The van der Waals surface area contributed by atoms with Gasteiger partial charge in [0.05, 0.1) is 0 Å². The van der Waals surface area contributed by atoms with Gasteiger partial charge in [-0.05, 0) is 62.0 Å². The number of benzene rings is 2. The maximum absolute atomic E-state index is 13.1. The van der Waals surface area contributed by atoms with Crippen LogP contribution in [0.1, 0.15) is 36.0 Å². The molecule has 0 aromatic heterocycles. The van der Waals surface area contributed by atoms with E-state index in [1.165, 1.54) is 6.42 Å². The summed E-state index contributed by atoms with van der Waals surface area (Å²) in [7, 11) is 1.98. The second-order valence-electron chi connectivity index (χ2n) is 8.44. The van der Waals surface area contributed by atoms with E-state index >= 15 is 0 Å². The van der Waals surface area contributed by atoms with Crippen molar-refractivity contribution in [1.82, 2.24) is 15.1 Å². The van der Waals surface area contributed by atoms with Crippen molar-refractivity contribution in [3.05, 3.63) is 48.0 Å². The van der Waals surface area contributed by atoms with Crippen molar-refractivity contribution in [2.45, 2.75) is 25.7 Å². The molecule has 2 aromatic carbocycles. The number of carbonyl (C=O) groups is 2. The lowest BCUT2D eigenvalue weighted by molar-refractivity contribution is -0.138. The Morgan fingerprint density at radius 2 is 1.72 bits per heavy atom. The van der Waals surface area contributed by atoms with Crippen LogP contribution < -0.4 is 5.32 Å². The van der Waals surface area contributed by atoms with Gasteiger partial charge in [-0.2, -0.15) is 0 Å². The van der Waals surface area contributed by atoms with Crippen molar-refractivity contribution in [2.75, 3.05) is 39.8 Å². The summed E-state index contributed by atoms with van der Waals surface area (Å²) in [5.74, 6) is 0.994. The van der Waals surface area contributed by atoms with Crippen LogP contribution in [0.2, 0.25) is 0 Å². The number of rotatable bonds is 4. The normalized spacial score (nSPS) is 20.8. The van der Waals surface area contributed by atoms with Gasteiger partial charge in [-0.3, -0.25) is 9.59 Å². The van der Waals surface area contributed by atoms with Crippen molar-refractivity contribution in [1.29, 1.82) is 0 Å². The van der Waals surface area contributed by atoms with Gasteiger partial charge in [-0.25, -0.2) is 0 Å². The first-order valence-corrected chi connectivity index (χ1v) is 10.9. The average molecular weight is 394 g/mol. The SMILES string of the molecule is CNCC1CCCN(C(=O)C2CCN(C(=O)c3cccc4ccccc34)CC2)C1. The summed E-state index contributed by atoms with van der Waals surface area (Å²) >= 11 is 0. The highest BCUT2D eigenvalue weighted by atomic mass is 16.2. The molecule has 2 aliphatic heterocycles. The first-order valence-electron chi connectivity index (χ1n) is 10.9. The van der Waals surface area contributed by atoms with Crippen LogP contribution in [0.5, 0.6) is 0 Å². The molecular weight excluding hydrogens is 362 g/mol. The number of amides is 2. The smallest absolute Gasteiger partial charge is 0.254 e. The predicted octanol–water partition coefficient (Wildman–Crippen LogP) is 3.15. The molecule has 154 valence electrons. The predicted molar refractivity (Wildman–Crippen MR) is 116 cm³/mol. The Kier molecular flexibility index (Phi) is 6.14. The van der Waals surface area contributed by atoms with Crippen LogP contribution in [0, 0.1) is 11.8 Å². The minimum absolute atomic E-state index is 0.0555. The van der Waals surface area contributed by atoms with E-state index in [0.717, 1.165) is 55.2 Å². The molecule has 1 unspecified atom stereocenters. The number of nitrogens with one attached hydrogen (secondary N) is 1. The van der Waals surface area contributed by atoms with Crippen molar-refractivity contribution in [3.63, 3.8) is 0 Å². The van der Waals surface area contributed by atoms with E-state index in [9.17, 15) is 9.59 Å². The lowest BCUT2D eigenvalue weighted by Gasteiger charge is -2.38. The number of hydrogen-bond acceptors (Lipinski definition) is 3. The van der Waals surface area contributed by atoms with Gasteiger partial charge in [-0.1, -0.05) is 36.4 Å². The van der Waals surface area contributed by atoms with E-state index in [2.05, 4.69) is 10.2 Å². The molecule has 1 atom stereocenters. The summed E-state index contributed by atoms with van der Waals surface area (Å²) in [6.07, 6.45) is 3.82. The third-order valence-electron chi connectivity index (χ3n) is 6.47. The molecule has 2 amide bonds. The third kappa shape index (κ3) is 4.30. The van der Waals surface area contributed by atoms with Crippen molar-refractivity contribution in [3.8, 4) is 0 Å². The number of likely N-dealkylation sites (tertiary alicyclic amines) is 2. The van der Waals surface area contributed by atoms with Gasteiger partial charge < -0.3 is 15.1 Å². The highest BCUT2D eigenvalue weighted by molar-refractivity contribution is 6.07. The quantitative estimate of drug-likeness (QED) is 0.868. The maximum atomic E-state index is 13.1. The van der Waals surface area contributed by atoms with E-state index < -0.39 is 0 Å². The van der Waals surface area contributed by atoms with Crippen molar-refractivity contribution >= 4 is 22.6 Å². The minimum atomic E-state index is 0.0555. The first kappa shape index (κ1) is 19.9. The molecule has 5 nitrogen and oxygen atoms in total. The Labute approximate surface area is 173 Å². The Balaban J connectivity index is 1.37. The highest BCUT2D eigenvalue weighted by Crippen LogP contribution is 2.26. The molecule has 2 aliphatic rings. The molecule has 5 heteroatoms. The van der Waals surface area contributed by atoms with Crippen molar-refractivity contribution in [2.24, 2.45) is 11.8 Å². The van der Waals surface area contributed by atoms with Crippen LogP contribution in [0.25, 0.3) is 10.8 Å². The fourth-order valence-electron chi connectivity index (χ4n) is 4.89. The Morgan fingerprint density at radius 1 is 0.966 bits per heavy atom. The fourth-order valence-corrected chi connectivity index (χ4v) is 4.89. The van der Waals surface area contributed by atoms with Crippen LogP contribution in [0.4, 0.5) is 0 Å². The first-order chi connectivity index (χ1) is 14.2. The molecule has 2 heterocycles. The molecule has 1 N–H and O–H groups in total. The largest absolute Gasteiger partial charge is 0.342 e. The molecule has 0 saturated carbocycles. The second kappa shape index (κ2) is 8.95. The lowest BCUT2D eigenvalue weighted by Crippen LogP contribution is -2.48. The number of piperidine rings is 2. The summed E-state index contributed by atoms with van der Waals surface area (Å²) in [4.78, 5) is 30.1. The topological polar surface area (TPSA) is 52.7 Å². The Morgan fingerprint density at radius 3 is 2.52 bits per heavy atom. The molecule has 29 heavy (non-hydrogen) atoms. The zero-order valence-corrected chi connectivity index (χ0v) is 17.3. The molecular formula is C24H31N3O2. The van der Waals surface area contributed by atoms with Crippen LogP contribution in [-0.2, 0) is 4.79 Å². The number of fused-ring (bicyclic) bond motifs is 1. The molecule has 2 saturated heterocycles. The number of carbonyl (C=O) groups excluding carboxylic acids is 2. The molecule has 4 rings (SSSR count).